The van der Waals surface area contributed by atoms with Crippen LogP contribution in [0.5, 0.6) is 23.0 Å². The van der Waals surface area contributed by atoms with Crippen molar-refractivity contribution in [2.24, 2.45) is 0 Å². The third-order valence-electron chi connectivity index (χ3n) is 6.40. The number of carbonyl (C=O) groups is 1. The van der Waals surface area contributed by atoms with Gasteiger partial charge in [-0.15, -0.1) is 0 Å². The van der Waals surface area contributed by atoms with Gasteiger partial charge in [-0.25, -0.2) is 0 Å². The van der Waals surface area contributed by atoms with Crippen LogP contribution in [0.3, 0.4) is 0 Å². The van der Waals surface area contributed by atoms with Crippen LogP contribution in [0.15, 0.2) is 42.0 Å². The van der Waals surface area contributed by atoms with Gasteiger partial charge in [0, 0.05) is 11.6 Å². The maximum atomic E-state index is 13.1. The molecule has 2 aliphatic heterocycles. The lowest BCUT2D eigenvalue weighted by Crippen LogP contribution is -2.60. The first-order valence-electron chi connectivity index (χ1n) is 11.7. The molecule has 2 aromatic carbocycles. The number of hydrogen-bond acceptors (Lipinski definition) is 11. The van der Waals surface area contributed by atoms with Gasteiger partial charge in [-0.2, -0.15) is 0 Å². The molecule has 2 aromatic rings. The van der Waals surface area contributed by atoms with Gasteiger partial charge in [-0.3, -0.25) is 4.79 Å². The average molecular weight is 519 g/mol. The van der Waals surface area contributed by atoms with Crippen molar-refractivity contribution in [1.82, 2.24) is 0 Å². The predicted octanol–water partition coefficient (Wildman–Crippen LogP) is 0.462. The average Bonchev–Trinajstić information content (AvgIpc) is 2.86. The minimum absolute atomic E-state index is 0.0158. The third kappa shape index (κ3) is 5.14. The number of aromatic hydroxyl groups is 2. The van der Waals surface area contributed by atoms with Crippen LogP contribution in [-0.4, -0.2) is 84.9 Å². The maximum absolute atomic E-state index is 13.1. The van der Waals surface area contributed by atoms with Gasteiger partial charge >= 0.3 is 0 Å². The molecule has 7 N–H and O–H groups in total. The second kappa shape index (κ2) is 10.7. The summed E-state index contributed by atoms with van der Waals surface area (Å²) in [6.45, 7) is 3.04. The molecular weight excluding hydrogens is 488 g/mol. The van der Waals surface area contributed by atoms with Crippen molar-refractivity contribution in [1.29, 1.82) is 0 Å². The van der Waals surface area contributed by atoms with E-state index in [1.54, 1.807) is 6.08 Å². The number of ether oxygens (including phenoxy) is 3. The lowest BCUT2D eigenvalue weighted by atomic mass is 9.90. The molecule has 0 amide bonds. The lowest BCUT2D eigenvalue weighted by molar-refractivity contribution is -0.277. The van der Waals surface area contributed by atoms with Gasteiger partial charge in [-0.05, 0) is 38.0 Å². The van der Waals surface area contributed by atoms with Crippen molar-refractivity contribution in [3.05, 3.63) is 58.7 Å². The van der Waals surface area contributed by atoms with Crippen molar-refractivity contribution in [3.8, 4) is 23.0 Å². The number of carbonyl (C=O) groups excluding carboxylic acids is 1. The highest BCUT2D eigenvalue weighted by atomic mass is 16.7. The molecular formula is C26H30O11. The molecule has 1 saturated heterocycles. The summed E-state index contributed by atoms with van der Waals surface area (Å²) < 4.78 is 17.3. The smallest absolute Gasteiger partial charge is 0.229 e. The van der Waals surface area contributed by atoms with Gasteiger partial charge < -0.3 is 50.0 Å². The van der Waals surface area contributed by atoms with E-state index in [4.69, 9.17) is 14.2 Å². The zero-order valence-corrected chi connectivity index (χ0v) is 20.2. The largest absolute Gasteiger partial charge is 0.508 e. The molecule has 0 aliphatic carbocycles. The topological polar surface area (TPSA) is 186 Å². The Morgan fingerprint density at radius 3 is 2.32 bits per heavy atom. The normalized spacial score (nSPS) is 29.3. The molecule has 2 aliphatic rings. The van der Waals surface area contributed by atoms with E-state index in [0.29, 0.717) is 5.56 Å². The summed E-state index contributed by atoms with van der Waals surface area (Å²) >= 11 is 0. The van der Waals surface area contributed by atoms with E-state index in [-0.39, 0.29) is 34.8 Å². The number of phenols is 2. The number of benzene rings is 2. The minimum Gasteiger partial charge on any atom is -0.508 e. The Hall–Kier alpha value is -3.19. The number of phenolic OH excluding ortho intramolecular Hbond substituents is 2. The molecule has 7 atom stereocenters. The molecule has 200 valence electrons. The van der Waals surface area contributed by atoms with Crippen molar-refractivity contribution in [2.45, 2.75) is 63.2 Å². The van der Waals surface area contributed by atoms with Gasteiger partial charge in [0.05, 0.1) is 6.61 Å². The van der Waals surface area contributed by atoms with Crippen LogP contribution in [0.4, 0.5) is 0 Å². The standard InChI is InChI=1S/C26H30O11/c1-11(2)3-8-14-16(35-26-23(34)21(32)19(30)17(10-27)36-26)9-15(29)18-20(31)22(33)24(37-25(14)18)12-4-6-13(28)7-5-12/h3-7,9,17,19,21-24,26-30,32-34H,8,10H2,1-2H3/t17-,19-,21+,22-,23-,24-,26-/m1/s1. The van der Waals surface area contributed by atoms with Gasteiger partial charge in [0.15, 0.2) is 12.2 Å². The molecule has 0 bridgehead atoms. The first kappa shape index (κ1) is 26.9. The zero-order chi connectivity index (χ0) is 27.0. The lowest BCUT2D eigenvalue weighted by Gasteiger charge is -2.40. The summed E-state index contributed by atoms with van der Waals surface area (Å²) in [5.41, 5.74) is 1.35. The van der Waals surface area contributed by atoms with E-state index in [2.05, 4.69) is 0 Å². The summed E-state index contributed by atoms with van der Waals surface area (Å²) in [6, 6.07) is 6.86. The number of Topliss-reactive ketones (excluding diaryl/α,β-unsaturated/α-hetero) is 1. The summed E-state index contributed by atoms with van der Waals surface area (Å²) in [5.74, 6) is -1.45. The molecule has 0 radical (unpaired) electrons. The second-order valence-electron chi connectivity index (χ2n) is 9.32. The van der Waals surface area contributed by atoms with E-state index in [9.17, 15) is 40.5 Å². The van der Waals surface area contributed by atoms with E-state index in [1.807, 2.05) is 13.8 Å². The number of allylic oxidation sites excluding steroid dienone is 2. The van der Waals surface area contributed by atoms with Crippen LogP contribution >= 0.6 is 0 Å². The number of ketones is 1. The van der Waals surface area contributed by atoms with Crippen molar-refractivity contribution in [2.75, 3.05) is 6.61 Å². The molecule has 2 heterocycles. The Bertz CT molecular complexity index is 1170. The fourth-order valence-electron chi connectivity index (χ4n) is 4.32. The van der Waals surface area contributed by atoms with Crippen LogP contribution in [0.25, 0.3) is 0 Å². The van der Waals surface area contributed by atoms with Crippen molar-refractivity contribution < 1.29 is 54.8 Å². The van der Waals surface area contributed by atoms with Crippen LogP contribution in [-0.2, 0) is 11.2 Å². The van der Waals surface area contributed by atoms with Crippen LogP contribution in [0, 0.1) is 0 Å². The third-order valence-corrected chi connectivity index (χ3v) is 6.40. The maximum Gasteiger partial charge on any atom is 0.229 e. The highest BCUT2D eigenvalue weighted by molar-refractivity contribution is 6.06. The van der Waals surface area contributed by atoms with Gasteiger partial charge in [0.1, 0.15) is 53.0 Å². The zero-order valence-electron chi connectivity index (χ0n) is 20.2. The number of hydrogen-bond donors (Lipinski definition) is 7. The van der Waals surface area contributed by atoms with Gasteiger partial charge in [0.25, 0.3) is 0 Å². The Kier molecular flexibility index (Phi) is 7.74. The second-order valence-corrected chi connectivity index (χ2v) is 9.32. The quantitative estimate of drug-likeness (QED) is 0.263. The van der Waals surface area contributed by atoms with Crippen molar-refractivity contribution in [3.63, 3.8) is 0 Å². The molecule has 0 unspecified atom stereocenters. The van der Waals surface area contributed by atoms with Crippen LogP contribution in [0.1, 0.15) is 41.4 Å². The highest BCUT2D eigenvalue weighted by Gasteiger charge is 2.46. The summed E-state index contributed by atoms with van der Waals surface area (Å²) in [6.07, 6.45) is -8.58. The first-order chi connectivity index (χ1) is 17.5. The van der Waals surface area contributed by atoms with Crippen LogP contribution in [0.2, 0.25) is 0 Å². The fraction of sp³-hybridized carbons (Fsp3) is 0.423. The van der Waals surface area contributed by atoms with Gasteiger partial charge in [-0.1, -0.05) is 23.8 Å². The van der Waals surface area contributed by atoms with E-state index in [1.165, 1.54) is 24.3 Å². The molecule has 0 spiro atoms. The molecule has 37 heavy (non-hydrogen) atoms. The summed E-state index contributed by atoms with van der Waals surface area (Å²) in [4.78, 5) is 13.1. The first-order valence-corrected chi connectivity index (χ1v) is 11.7. The Morgan fingerprint density at radius 2 is 1.70 bits per heavy atom. The molecule has 0 saturated carbocycles. The number of rotatable bonds is 6. The number of aliphatic hydroxyl groups is 5. The molecule has 11 nitrogen and oxygen atoms in total. The minimum atomic E-state index is -1.71. The Labute approximate surface area is 212 Å². The predicted molar refractivity (Wildman–Crippen MR) is 127 cm³/mol. The summed E-state index contributed by atoms with van der Waals surface area (Å²) in [7, 11) is 0. The number of aliphatic hydroxyl groups excluding tert-OH is 5. The molecule has 11 heteroatoms. The molecule has 1 fully saturated rings. The highest BCUT2D eigenvalue weighted by Crippen LogP contribution is 2.46. The molecule has 4 rings (SSSR count). The SMILES string of the molecule is CC(C)=CCc1c(O[C@@H]2O[C@H](CO)[C@@H](O)[C@H](O)[C@H]2O)cc(O)c2c1O[C@H](c1ccc(O)cc1)[C@H](O)C2=O. The van der Waals surface area contributed by atoms with E-state index < -0.39 is 61.1 Å². The van der Waals surface area contributed by atoms with E-state index >= 15 is 0 Å². The summed E-state index contributed by atoms with van der Waals surface area (Å²) in [5, 5.41) is 71.2. The molecule has 0 aromatic heterocycles. The monoisotopic (exact) mass is 518 g/mol. The van der Waals surface area contributed by atoms with Gasteiger partial charge in [0.2, 0.25) is 12.1 Å². The van der Waals surface area contributed by atoms with Crippen LogP contribution < -0.4 is 9.47 Å². The Morgan fingerprint density at radius 1 is 1.03 bits per heavy atom. The number of fused-ring (bicyclic) bond motifs is 1. The van der Waals surface area contributed by atoms with Crippen molar-refractivity contribution >= 4 is 5.78 Å². The fourth-order valence-corrected chi connectivity index (χ4v) is 4.32. The Balaban J connectivity index is 1.79. The van der Waals surface area contributed by atoms with E-state index in [0.717, 1.165) is 11.6 Å².